The van der Waals surface area contributed by atoms with Gasteiger partial charge in [0.05, 0.1) is 18.3 Å². The minimum Gasteiger partial charge on any atom is -0.463 e. The van der Waals surface area contributed by atoms with Gasteiger partial charge in [0.2, 0.25) is 0 Å². The third-order valence-electron chi connectivity index (χ3n) is 5.63. The second-order valence-electron chi connectivity index (χ2n) is 8.58. The summed E-state index contributed by atoms with van der Waals surface area (Å²) in [6, 6.07) is 21.1. The molecule has 1 atom stereocenters. The predicted octanol–water partition coefficient (Wildman–Crippen LogP) is 4.61. The van der Waals surface area contributed by atoms with Crippen LogP contribution in [0.5, 0.6) is 0 Å². The normalized spacial score (nSPS) is 17.5. The van der Waals surface area contributed by atoms with Crippen LogP contribution in [0.2, 0.25) is 5.04 Å². The Kier molecular flexibility index (Phi) is 6.76. The van der Waals surface area contributed by atoms with Crippen LogP contribution in [0.15, 0.2) is 72.3 Å². The Bertz CT molecular complexity index is 798. The first-order valence-corrected chi connectivity index (χ1v) is 12.5. The Morgan fingerprint density at radius 2 is 1.55 bits per heavy atom. The van der Waals surface area contributed by atoms with Crippen LogP contribution in [0.25, 0.3) is 0 Å². The maximum atomic E-state index is 12.7. The number of ether oxygens (including phenoxy) is 1. The van der Waals surface area contributed by atoms with E-state index in [1.165, 1.54) is 10.4 Å². The number of hydrogen-bond acceptors (Lipinski definition) is 3. The van der Waals surface area contributed by atoms with Gasteiger partial charge in [0.15, 0.2) is 0 Å². The number of carbonyl (C=O) groups excluding carboxylic acids is 1. The van der Waals surface area contributed by atoms with E-state index in [0.717, 1.165) is 19.3 Å². The second-order valence-corrected chi connectivity index (χ2v) is 12.8. The van der Waals surface area contributed by atoms with E-state index < -0.39 is 8.32 Å². The van der Waals surface area contributed by atoms with Crippen molar-refractivity contribution >= 4 is 24.7 Å². The van der Waals surface area contributed by atoms with E-state index >= 15 is 0 Å². The molecular formula is C25H32O3Si. The number of allylic oxidation sites excluding steroid dienone is 1. The molecule has 0 aromatic heterocycles. The largest absolute Gasteiger partial charge is 0.463 e. The topological polar surface area (TPSA) is 35.5 Å². The van der Waals surface area contributed by atoms with Crippen molar-refractivity contribution in [3.8, 4) is 0 Å². The zero-order valence-corrected chi connectivity index (χ0v) is 19.0. The lowest BCUT2D eigenvalue weighted by molar-refractivity contribution is -0.139. The van der Waals surface area contributed by atoms with Gasteiger partial charge in [0.1, 0.15) is 0 Å². The molecule has 0 aliphatic heterocycles. The first kappa shape index (κ1) is 21.5. The number of hydrogen-bond donors (Lipinski definition) is 0. The van der Waals surface area contributed by atoms with Crippen molar-refractivity contribution in [3.63, 3.8) is 0 Å². The zero-order chi connectivity index (χ0) is 20.9. The fraction of sp³-hybridized carbons (Fsp3) is 0.400. The summed E-state index contributed by atoms with van der Waals surface area (Å²) in [5.41, 5.74) is 0.686. The molecule has 1 aliphatic rings. The summed E-state index contributed by atoms with van der Waals surface area (Å²) in [5.74, 6) is -0.241. The molecule has 0 heterocycles. The zero-order valence-electron chi connectivity index (χ0n) is 18.0. The van der Waals surface area contributed by atoms with Gasteiger partial charge in [-0.3, -0.25) is 0 Å². The molecule has 0 N–H and O–H groups in total. The monoisotopic (exact) mass is 408 g/mol. The first-order chi connectivity index (χ1) is 13.9. The summed E-state index contributed by atoms with van der Waals surface area (Å²) in [5, 5.41) is 2.34. The Balaban J connectivity index is 2.14. The lowest BCUT2D eigenvalue weighted by atomic mass is 9.97. The van der Waals surface area contributed by atoms with Crippen molar-refractivity contribution in [1.29, 1.82) is 0 Å². The van der Waals surface area contributed by atoms with E-state index in [2.05, 4.69) is 69.3 Å². The lowest BCUT2D eigenvalue weighted by Crippen LogP contribution is -2.68. The van der Waals surface area contributed by atoms with Gasteiger partial charge in [-0.2, -0.15) is 0 Å². The lowest BCUT2D eigenvalue weighted by Gasteiger charge is -2.45. The molecule has 0 fully saturated rings. The Hall–Kier alpha value is -2.17. The Morgan fingerprint density at radius 1 is 1.00 bits per heavy atom. The molecule has 0 spiro atoms. The van der Waals surface area contributed by atoms with Crippen molar-refractivity contribution in [3.05, 3.63) is 72.3 Å². The molecule has 0 bridgehead atoms. The van der Waals surface area contributed by atoms with Crippen LogP contribution in [0.3, 0.4) is 0 Å². The Labute approximate surface area is 175 Å². The number of carbonyl (C=O) groups is 1. The summed E-state index contributed by atoms with van der Waals surface area (Å²) in [6.45, 7) is 9.00. The molecule has 0 saturated carbocycles. The number of esters is 1. The molecule has 2 aromatic rings. The summed E-state index contributed by atoms with van der Waals surface area (Å²) >= 11 is 0. The molecule has 1 unspecified atom stereocenters. The summed E-state index contributed by atoms with van der Waals surface area (Å²) < 4.78 is 12.5. The average molecular weight is 409 g/mol. The first-order valence-electron chi connectivity index (χ1n) is 10.6. The predicted molar refractivity (Wildman–Crippen MR) is 121 cm³/mol. The van der Waals surface area contributed by atoms with Gasteiger partial charge >= 0.3 is 5.97 Å². The number of rotatable bonds is 6. The quantitative estimate of drug-likeness (QED) is 0.517. The van der Waals surface area contributed by atoms with Crippen molar-refractivity contribution in [2.24, 2.45) is 0 Å². The van der Waals surface area contributed by atoms with Crippen LogP contribution in [0, 0.1) is 0 Å². The molecule has 2 aromatic carbocycles. The molecule has 0 saturated heterocycles. The second kappa shape index (κ2) is 9.10. The standard InChI is InChI=1S/C25H32O3Si/c1-5-27-24(26)22-18-12-13-19-23(22)28-29(25(2,3)4,20-14-8-6-9-15-20)21-16-10-7-11-17-21/h6-11,14-18,23H,5,12-13,19H2,1-4H3. The average Bonchev–Trinajstić information content (AvgIpc) is 2.73. The van der Waals surface area contributed by atoms with Gasteiger partial charge in [-0.05, 0) is 41.6 Å². The smallest absolute Gasteiger partial charge is 0.336 e. The van der Waals surface area contributed by atoms with Crippen LogP contribution in [0.4, 0.5) is 0 Å². The van der Waals surface area contributed by atoms with E-state index in [1.54, 1.807) is 0 Å². The van der Waals surface area contributed by atoms with E-state index in [-0.39, 0.29) is 17.1 Å². The molecule has 0 radical (unpaired) electrons. The fourth-order valence-corrected chi connectivity index (χ4v) is 8.99. The van der Waals surface area contributed by atoms with Crippen molar-refractivity contribution in [1.82, 2.24) is 0 Å². The SMILES string of the molecule is CCOC(=O)C1=CCCCC1O[Si](c1ccccc1)(c1ccccc1)C(C)(C)C. The highest BCUT2D eigenvalue weighted by Gasteiger charge is 2.52. The third kappa shape index (κ3) is 4.38. The van der Waals surface area contributed by atoms with Gasteiger partial charge in [-0.1, -0.05) is 87.5 Å². The molecule has 29 heavy (non-hydrogen) atoms. The van der Waals surface area contributed by atoms with E-state index in [9.17, 15) is 4.79 Å². The van der Waals surface area contributed by atoms with Crippen LogP contribution in [-0.2, 0) is 14.0 Å². The van der Waals surface area contributed by atoms with E-state index in [1.807, 2.05) is 25.1 Å². The molecular weight excluding hydrogens is 376 g/mol. The minimum absolute atomic E-state index is 0.118. The molecule has 4 heteroatoms. The maximum absolute atomic E-state index is 12.7. The molecule has 0 amide bonds. The molecule has 1 aliphatic carbocycles. The van der Waals surface area contributed by atoms with Crippen LogP contribution in [0.1, 0.15) is 47.0 Å². The number of benzene rings is 2. The summed E-state index contributed by atoms with van der Waals surface area (Å²) in [7, 11) is -2.70. The van der Waals surface area contributed by atoms with Gasteiger partial charge in [-0.25, -0.2) is 4.79 Å². The van der Waals surface area contributed by atoms with Crippen LogP contribution < -0.4 is 10.4 Å². The minimum atomic E-state index is -2.70. The molecule has 3 nitrogen and oxygen atoms in total. The molecule has 154 valence electrons. The summed E-state index contributed by atoms with van der Waals surface area (Å²) in [6.07, 6.45) is 4.54. The van der Waals surface area contributed by atoms with E-state index in [4.69, 9.17) is 9.16 Å². The van der Waals surface area contributed by atoms with E-state index in [0.29, 0.717) is 12.2 Å². The van der Waals surface area contributed by atoms with Gasteiger partial charge < -0.3 is 9.16 Å². The highest BCUT2D eigenvalue weighted by molar-refractivity contribution is 6.99. The third-order valence-corrected chi connectivity index (χ3v) is 10.7. The molecule has 3 rings (SSSR count). The van der Waals surface area contributed by atoms with Gasteiger partial charge in [-0.15, -0.1) is 0 Å². The maximum Gasteiger partial charge on any atom is 0.336 e. The van der Waals surface area contributed by atoms with Gasteiger partial charge in [0, 0.05) is 0 Å². The van der Waals surface area contributed by atoms with Crippen molar-refractivity contribution in [2.75, 3.05) is 6.61 Å². The fourth-order valence-electron chi connectivity index (χ4n) is 4.30. The van der Waals surface area contributed by atoms with Crippen LogP contribution >= 0.6 is 0 Å². The van der Waals surface area contributed by atoms with Crippen molar-refractivity contribution < 1.29 is 14.0 Å². The highest BCUT2D eigenvalue weighted by atomic mass is 28.4. The van der Waals surface area contributed by atoms with Crippen molar-refractivity contribution in [2.45, 2.75) is 58.1 Å². The van der Waals surface area contributed by atoms with Crippen LogP contribution in [-0.4, -0.2) is 27.0 Å². The van der Waals surface area contributed by atoms with Gasteiger partial charge in [0.25, 0.3) is 8.32 Å². The Morgan fingerprint density at radius 3 is 2.03 bits per heavy atom. The highest BCUT2D eigenvalue weighted by Crippen LogP contribution is 2.39. The summed E-state index contributed by atoms with van der Waals surface area (Å²) in [4.78, 5) is 12.7.